The third-order valence-corrected chi connectivity index (χ3v) is 4.43. The van der Waals surface area contributed by atoms with Gasteiger partial charge in [-0.3, -0.25) is 4.79 Å². The minimum Gasteiger partial charge on any atom is -0.497 e. The van der Waals surface area contributed by atoms with Gasteiger partial charge in [-0.15, -0.1) is 0 Å². The first-order chi connectivity index (χ1) is 11.8. The fourth-order valence-electron chi connectivity index (χ4n) is 2.93. The number of ether oxygens (including phenoxy) is 1. The zero-order valence-corrected chi connectivity index (χ0v) is 14.8. The van der Waals surface area contributed by atoms with Crippen LogP contribution in [0.3, 0.4) is 0 Å². The Kier molecular flexibility index (Phi) is 8.39. The smallest absolute Gasteiger partial charge is 0.221 e. The van der Waals surface area contributed by atoms with Crippen molar-refractivity contribution in [1.82, 2.24) is 10.6 Å². The number of allylic oxidation sites excluding steroid dienone is 1. The second-order valence-corrected chi connectivity index (χ2v) is 6.31. The van der Waals surface area contributed by atoms with Crippen LogP contribution in [0.4, 0.5) is 0 Å². The first-order valence-electron chi connectivity index (χ1n) is 9.06. The molecule has 0 unspecified atom stereocenters. The highest BCUT2D eigenvalue weighted by Gasteiger charge is 2.05. The van der Waals surface area contributed by atoms with E-state index < -0.39 is 0 Å². The first kappa shape index (κ1) is 18.5. The number of hydrogen-bond acceptors (Lipinski definition) is 3. The molecule has 0 heterocycles. The van der Waals surface area contributed by atoms with Crippen LogP contribution >= 0.6 is 0 Å². The monoisotopic (exact) mass is 330 g/mol. The number of rotatable bonds is 10. The van der Waals surface area contributed by atoms with Crippen LogP contribution in [0, 0.1) is 0 Å². The van der Waals surface area contributed by atoms with E-state index in [4.69, 9.17) is 4.74 Å². The topological polar surface area (TPSA) is 50.4 Å². The minimum absolute atomic E-state index is 0.142. The number of benzene rings is 1. The fraction of sp³-hybridized carbons (Fsp3) is 0.550. The quantitative estimate of drug-likeness (QED) is 0.511. The zero-order chi connectivity index (χ0) is 17.0. The van der Waals surface area contributed by atoms with Crippen molar-refractivity contribution in [2.45, 2.75) is 44.9 Å². The average Bonchev–Trinajstić information content (AvgIpc) is 2.63. The molecule has 132 valence electrons. The van der Waals surface area contributed by atoms with Crippen molar-refractivity contribution in [2.75, 3.05) is 26.7 Å². The second kappa shape index (κ2) is 10.9. The molecule has 0 saturated heterocycles. The summed E-state index contributed by atoms with van der Waals surface area (Å²) >= 11 is 0. The summed E-state index contributed by atoms with van der Waals surface area (Å²) in [7, 11) is 1.67. The lowest BCUT2D eigenvalue weighted by molar-refractivity contribution is -0.120. The lowest BCUT2D eigenvalue weighted by Crippen LogP contribution is -2.29. The van der Waals surface area contributed by atoms with E-state index >= 15 is 0 Å². The van der Waals surface area contributed by atoms with E-state index in [1.165, 1.54) is 36.8 Å². The number of amides is 1. The molecule has 24 heavy (non-hydrogen) atoms. The molecule has 0 atom stereocenters. The Morgan fingerprint density at radius 3 is 2.62 bits per heavy atom. The summed E-state index contributed by atoms with van der Waals surface area (Å²) in [5.41, 5.74) is 2.78. The van der Waals surface area contributed by atoms with Crippen molar-refractivity contribution in [1.29, 1.82) is 0 Å². The first-order valence-corrected chi connectivity index (χ1v) is 9.06. The molecule has 0 aliphatic heterocycles. The third kappa shape index (κ3) is 7.18. The predicted molar refractivity (Wildman–Crippen MR) is 98.4 cm³/mol. The van der Waals surface area contributed by atoms with E-state index in [9.17, 15) is 4.79 Å². The maximum Gasteiger partial charge on any atom is 0.221 e. The summed E-state index contributed by atoms with van der Waals surface area (Å²) in [6.45, 7) is 2.38. The molecule has 1 amide bonds. The number of carbonyl (C=O) groups excluding carboxylic acids is 1. The second-order valence-electron chi connectivity index (χ2n) is 6.31. The fourth-order valence-corrected chi connectivity index (χ4v) is 2.93. The summed E-state index contributed by atoms with van der Waals surface area (Å²) in [4.78, 5) is 11.8. The van der Waals surface area contributed by atoms with Crippen LogP contribution in [-0.2, 0) is 11.2 Å². The largest absolute Gasteiger partial charge is 0.497 e. The Bertz CT molecular complexity index is 523. The molecule has 2 N–H and O–H groups in total. The molecule has 4 nitrogen and oxygen atoms in total. The number of nitrogens with one attached hydrogen (secondary N) is 2. The van der Waals surface area contributed by atoms with Crippen molar-refractivity contribution in [2.24, 2.45) is 0 Å². The summed E-state index contributed by atoms with van der Waals surface area (Å²) in [6.07, 6.45) is 9.90. The minimum atomic E-state index is 0.142. The number of methoxy groups -OCH3 is 1. The number of carbonyl (C=O) groups is 1. The molecule has 1 aromatic rings. The highest BCUT2D eigenvalue weighted by Crippen LogP contribution is 2.19. The standard InChI is InChI=1S/C20H30N2O2/c1-24-19-9-7-18(8-10-19)11-14-21-15-13-20(23)22-16-12-17-5-3-2-4-6-17/h5,7-10,21H,2-4,6,11-16H2,1H3,(H,22,23). The van der Waals surface area contributed by atoms with E-state index in [2.05, 4.69) is 28.8 Å². The Morgan fingerprint density at radius 1 is 1.08 bits per heavy atom. The van der Waals surface area contributed by atoms with Crippen molar-refractivity contribution in [3.05, 3.63) is 41.5 Å². The molecular weight excluding hydrogens is 300 g/mol. The highest BCUT2D eigenvalue weighted by atomic mass is 16.5. The Hall–Kier alpha value is -1.81. The van der Waals surface area contributed by atoms with Gasteiger partial charge in [-0.2, -0.15) is 0 Å². The van der Waals surface area contributed by atoms with Gasteiger partial charge in [0.05, 0.1) is 7.11 Å². The average molecular weight is 330 g/mol. The molecular formula is C20H30N2O2. The van der Waals surface area contributed by atoms with Gasteiger partial charge in [0.1, 0.15) is 5.75 Å². The van der Waals surface area contributed by atoms with E-state index in [-0.39, 0.29) is 5.91 Å². The Balaban J connectivity index is 1.48. The summed E-state index contributed by atoms with van der Waals surface area (Å²) in [5.74, 6) is 1.02. The normalized spacial score (nSPS) is 14.1. The van der Waals surface area contributed by atoms with Gasteiger partial charge in [-0.25, -0.2) is 0 Å². The molecule has 2 rings (SSSR count). The van der Waals surface area contributed by atoms with E-state index in [0.29, 0.717) is 6.42 Å². The van der Waals surface area contributed by atoms with Gasteiger partial charge < -0.3 is 15.4 Å². The van der Waals surface area contributed by atoms with Crippen LogP contribution in [0.15, 0.2) is 35.9 Å². The van der Waals surface area contributed by atoms with Gasteiger partial charge in [0.2, 0.25) is 5.91 Å². The summed E-state index contributed by atoms with van der Waals surface area (Å²) in [5, 5.41) is 6.35. The van der Waals surface area contributed by atoms with Crippen LogP contribution in [-0.4, -0.2) is 32.7 Å². The maximum absolute atomic E-state index is 11.8. The molecule has 4 heteroatoms. The molecule has 0 bridgehead atoms. The summed E-state index contributed by atoms with van der Waals surface area (Å²) < 4.78 is 5.15. The molecule has 1 aromatic carbocycles. The lowest BCUT2D eigenvalue weighted by Gasteiger charge is -2.13. The molecule has 0 fully saturated rings. The molecule has 0 saturated carbocycles. The van der Waals surface area contributed by atoms with Gasteiger partial charge in [-0.1, -0.05) is 23.8 Å². The predicted octanol–water partition coefficient (Wildman–Crippen LogP) is 3.22. The lowest BCUT2D eigenvalue weighted by atomic mass is 9.97. The SMILES string of the molecule is COc1ccc(CCNCCC(=O)NCCC2=CCCCC2)cc1. The van der Waals surface area contributed by atoms with Crippen molar-refractivity contribution in [3.63, 3.8) is 0 Å². The van der Waals surface area contributed by atoms with Crippen LogP contribution < -0.4 is 15.4 Å². The van der Waals surface area contributed by atoms with Crippen molar-refractivity contribution >= 4 is 5.91 Å². The van der Waals surface area contributed by atoms with Crippen LogP contribution in [0.5, 0.6) is 5.75 Å². The van der Waals surface area contributed by atoms with Gasteiger partial charge in [0.25, 0.3) is 0 Å². The molecule has 0 spiro atoms. The van der Waals surface area contributed by atoms with Gasteiger partial charge in [0.15, 0.2) is 0 Å². The van der Waals surface area contributed by atoms with Crippen LogP contribution in [0.1, 0.15) is 44.1 Å². The van der Waals surface area contributed by atoms with Crippen molar-refractivity contribution in [3.8, 4) is 5.75 Å². The Labute approximate surface area is 145 Å². The van der Waals surface area contributed by atoms with E-state index in [0.717, 1.165) is 38.2 Å². The van der Waals surface area contributed by atoms with Gasteiger partial charge >= 0.3 is 0 Å². The summed E-state index contributed by atoms with van der Waals surface area (Å²) in [6, 6.07) is 8.11. The highest BCUT2D eigenvalue weighted by molar-refractivity contribution is 5.76. The maximum atomic E-state index is 11.8. The van der Waals surface area contributed by atoms with E-state index in [1.54, 1.807) is 7.11 Å². The van der Waals surface area contributed by atoms with Gasteiger partial charge in [-0.05, 0) is 62.8 Å². The molecule has 0 aromatic heterocycles. The third-order valence-electron chi connectivity index (χ3n) is 4.43. The van der Waals surface area contributed by atoms with Crippen LogP contribution in [0.2, 0.25) is 0 Å². The van der Waals surface area contributed by atoms with Crippen molar-refractivity contribution < 1.29 is 9.53 Å². The molecule has 1 aliphatic rings. The van der Waals surface area contributed by atoms with E-state index in [1.807, 2.05) is 12.1 Å². The zero-order valence-electron chi connectivity index (χ0n) is 14.8. The van der Waals surface area contributed by atoms with Crippen LogP contribution in [0.25, 0.3) is 0 Å². The Morgan fingerprint density at radius 2 is 1.92 bits per heavy atom. The molecule has 1 aliphatic carbocycles. The number of hydrogen-bond donors (Lipinski definition) is 2. The molecule has 0 radical (unpaired) electrons. The van der Waals surface area contributed by atoms with Gasteiger partial charge in [0, 0.05) is 19.5 Å².